The van der Waals surface area contributed by atoms with Crippen LogP contribution in [0.5, 0.6) is 0 Å². The van der Waals surface area contributed by atoms with Crippen LogP contribution in [0.25, 0.3) is 0 Å². The third kappa shape index (κ3) is 7.07. The lowest BCUT2D eigenvalue weighted by Crippen LogP contribution is -2.33. The Balaban J connectivity index is 2.25. The van der Waals surface area contributed by atoms with Gasteiger partial charge in [-0.25, -0.2) is 13.2 Å². The first-order chi connectivity index (χ1) is 10.7. The van der Waals surface area contributed by atoms with Gasteiger partial charge in [-0.15, -0.1) is 0 Å². The summed E-state index contributed by atoms with van der Waals surface area (Å²) in [4.78, 5) is 22.6. The minimum Gasteiger partial charge on any atom is -0.459 e. The number of benzene rings is 1. The molecule has 0 fully saturated rings. The molecule has 1 rings (SSSR count). The molecule has 1 aromatic carbocycles. The molecular formula is C14H14F5NO3. The van der Waals surface area contributed by atoms with Gasteiger partial charge in [-0.05, 0) is 24.6 Å². The quantitative estimate of drug-likeness (QED) is 0.584. The molecule has 0 bridgehead atoms. The van der Waals surface area contributed by atoms with Crippen molar-refractivity contribution in [1.82, 2.24) is 0 Å². The van der Waals surface area contributed by atoms with Crippen molar-refractivity contribution in [1.29, 1.82) is 0 Å². The highest BCUT2D eigenvalue weighted by atomic mass is 19.3. The van der Waals surface area contributed by atoms with Crippen molar-refractivity contribution < 1.29 is 36.3 Å². The number of carbonyl (C=O) groups excluding carboxylic acids is 2. The molecule has 0 aliphatic heterocycles. The number of anilines is 1. The molecule has 4 nitrogen and oxygen atoms in total. The van der Waals surface area contributed by atoms with E-state index in [1.54, 1.807) is 0 Å². The fourth-order valence-corrected chi connectivity index (χ4v) is 1.49. The number of halogens is 5. The van der Waals surface area contributed by atoms with Gasteiger partial charge in [-0.3, -0.25) is 9.59 Å². The van der Waals surface area contributed by atoms with Gasteiger partial charge in [-0.1, -0.05) is 6.07 Å². The lowest BCUT2D eigenvalue weighted by Gasteiger charge is -2.14. The van der Waals surface area contributed by atoms with Gasteiger partial charge in [0.25, 0.3) is 0 Å². The molecule has 23 heavy (non-hydrogen) atoms. The maximum absolute atomic E-state index is 12.9. The molecule has 1 aromatic rings. The summed E-state index contributed by atoms with van der Waals surface area (Å²) in [6, 6.07) is 5.15. The highest BCUT2D eigenvalue weighted by Crippen LogP contribution is 2.23. The van der Waals surface area contributed by atoms with E-state index in [1.165, 1.54) is 18.2 Å². The Kier molecular flexibility index (Phi) is 6.92. The third-order valence-corrected chi connectivity index (χ3v) is 2.64. The van der Waals surface area contributed by atoms with Crippen LogP contribution < -0.4 is 5.32 Å². The zero-order chi connectivity index (χ0) is 17.5. The average Bonchev–Trinajstić information content (AvgIpc) is 2.45. The molecule has 0 saturated heterocycles. The van der Waals surface area contributed by atoms with Gasteiger partial charge >= 0.3 is 18.3 Å². The summed E-state index contributed by atoms with van der Waals surface area (Å²) in [6.07, 6.45) is -4.47. The number of ether oxygens (including phenoxy) is 1. The van der Waals surface area contributed by atoms with E-state index in [0.717, 1.165) is 6.07 Å². The first kappa shape index (κ1) is 18.9. The first-order valence-corrected chi connectivity index (χ1v) is 6.58. The van der Waals surface area contributed by atoms with Crippen molar-refractivity contribution in [3.05, 3.63) is 30.1 Å². The zero-order valence-electron chi connectivity index (χ0n) is 11.8. The number of esters is 1. The normalized spacial score (nSPS) is 11.4. The van der Waals surface area contributed by atoms with E-state index in [9.17, 15) is 31.5 Å². The SMILES string of the molecule is O=C(CCCC(=O)OCC(F)(F)C(F)F)Nc1cccc(F)c1. The Morgan fingerprint density at radius 2 is 1.91 bits per heavy atom. The average molecular weight is 339 g/mol. The van der Waals surface area contributed by atoms with Gasteiger partial charge in [0.05, 0.1) is 0 Å². The zero-order valence-corrected chi connectivity index (χ0v) is 11.8. The van der Waals surface area contributed by atoms with Crippen molar-refractivity contribution in [2.24, 2.45) is 0 Å². The summed E-state index contributed by atoms with van der Waals surface area (Å²) in [5.41, 5.74) is 0.231. The number of alkyl halides is 4. The molecule has 0 aliphatic rings. The van der Waals surface area contributed by atoms with Crippen LogP contribution >= 0.6 is 0 Å². The van der Waals surface area contributed by atoms with Crippen LogP contribution in [0.1, 0.15) is 19.3 Å². The largest absolute Gasteiger partial charge is 0.459 e. The van der Waals surface area contributed by atoms with Crippen molar-refractivity contribution in [3.8, 4) is 0 Å². The molecule has 0 aliphatic carbocycles. The van der Waals surface area contributed by atoms with Crippen LogP contribution in [0.2, 0.25) is 0 Å². The first-order valence-electron chi connectivity index (χ1n) is 6.58. The van der Waals surface area contributed by atoms with E-state index in [1.807, 2.05) is 0 Å². The molecule has 9 heteroatoms. The van der Waals surface area contributed by atoms with Crippen molar-refractivity contribution in [2.75, 3.05) is 11.9 Å². The minimum atomic E-state index is -4.40. The lowest BCUT2D eigenvalue weighted by atomic mass is 10.2. The van der Waals surface area contributed by atoms with Crippen LogP contribution in [0.4, 0.5) is 27.6 Å². The molecule has 0 unspecified atom stereocenters. The van der Waals surface area contributed by atoms with Crippen LogP contribution in [-0.4, -0.2) is 30.8 Å². The molecule has 1 N–H and O–H groups in total. The smallest absolute Gasteiger partial charge is 0.340 e. The van der Waals surface area contributed by atoms with E-state index < -0.39 is 36.6 Å². The Morgan fingerprint density at radius 3 is 2.52 bits per heavy atom. The molecule has 0 atom stereocenters. The minimum absolute atomic E-state index is 0.0275. The summed E-state index contributed by atoms with van der Waals surface area (Å²) in [5.74, 6) is -6.55. The molecule has 0 heterocycles. The summed E-state index contributed by atoms with van der Waals surface area (Å²) >= 11 is 0. The number of hydrogen-bond donors (Lipinski definition) is 1. The van der Waals surface area contributed by atoms with Crippen molar-refractivity contribution in [3.63, 3.8) is 0 Å². The van der Waals surface area contributed by atoms with Gasteiger partial charge in [0, 0.05) is 18.5 Å². The summed E-state index contributed by atoms with van der Waals surface area (Å²) in [7, 11) is 0. The number of hydrogen-bond acceptors (Lipinski definition) is 3. The standard InChI is InChI=1S/C14H14F5NO3/c15-9-3-1-4-10(7-9)20-11(21)5-2-6-12(22)23-8-14(18,19)13(16)17/h1,3-4,7,13H,2,5-6,8H2,(H,20,21). The van der Waals surface area contributed by atoms with Crippen LogP contribution in [0.3, 0.4) is 0 Å². The van der Waals surface area contributed by atoms with E-state index in [-0.39, 0.29) is 24.9 Å². The van der Waals surface area contributed by atoms with Crippen molar-refractivity contribution in [2.45, 2.75) is 31.6 Å². The second kappa shape index (κ2) is 8.44. The number of amides is 1. The molecule has 0 saturated carbocycles. The van der Waals surface area contributed by atoms with Gasteiger partial charge in [0.15, 0.2) is 6.61 Å². The highest BCUT2D eigenvalue weighted by molar-refractivity contribution is 5.90. The summed E-state index contributed by atoms with van der Waals surface area (Å²) in [6.45, 7) is -1.71. The molecule has 0 spiro atoms. The predicted molar refractivity (Wildman–Crippen MR) is 70.8 cm³/mol. The van der Waals surface area contributed by atoms with E-state index in [0.29, 0.717) is 0 Å². The molecule has 128 valence electrons. The van der Waals surface area contributed by atoms with Gasteiger partial charge < -0.3 is 10.1 Å². The van der Waals surface area contributed by atoms with Crippen LogP contribution in [0.15, 0.2) is 24.3 Å². The Bertz CT molecular complexity index is 551. The monoisotopic (exact) mass is 339 g/mol. The highest BCUT2D eigenvalue weighted by Gasteiger charge is 2.42. The molecular weight excluding hydrogens is 325 g/mol. The van der Waals surface area contributed by atoms with Gasteiger partial charge in [0.2, 0.25) is 5.91 Å². The van der Waals surface area contributed by atoms with E-state index in [2.05, 4.69) is 10.1 Å². The van der Waals surface area contributed by atoms with E-state index in [4.69, 9.17) is 0 Å². The maximum atomic E-state index is 12.9. The summed E-state index contributed by atoms with van der Waals surface area (Å²) < 4.78 is 65.6. The number of carbonyl (C=O) groups is 2. The Labute approximate surface area is 128 Å². The Morgan fingerprint density at radius 1 is 1.22 bits per heavy atom. The van der Waals surface area contributed by atoms with Gasteiger partial charge in [-0.2, -0.15) is 8.78 Å². The Hall–Kier alpha value is -2.19. The topological polar surface area (TPSA) is 55.4 Å². The van der Waals surface area contributed by atoms with Crippen LogP contribution in [0, 0.1) is 5.82 Å². The second-order valence-electron chi connectivity index (χ2n) is 4.63. The fraction of sp³-hybridized carbons (Fsp3) is 0.429. The van der Waals surface area contributed by atoms with E-state index >= 15 is 0 Å². The van der Waals surface area contributed by atoms with Crippen molar-refractivity contribution >= 4 is 17.6 Å². The predicted octanol–water partition coefficient (Wildman–Crippen LogP) is 3.38. The maximum Gasteiger partial charge on any atom is 0.340 e. The summed E-state index contributed by atoms with van der Waals surface area (Å²) in [5, 5.41) is 2.38. The van der Waals surface area contributed by atoms with Crippen LogP contribution in [-0.2, 0) is 14.3 Å². The fourth-order valence-electron chi connectivity index (χ4n) is 1.49. The second-order valence-corrected chi connectivity index (χ2v) is 4.63. The molecule has 1 amide bonds. The number of nitrogens with one attached hydrogen (secondary N) is 1. The van der Waals surface area contributed by atoms with Gasteiger partial charge in [0.1, 0.15) is 5.82 Å². The lowest BCUT2D eigenvalue weighted by molar-refractivity contribution is -0.179. The third-order valence-electron chi connectivity index (χ3n) is 2.64. The molecule has 0 aromatic heterocycles. The molecule has 0 radical (unpaired) electrons. The number of rotatable bonds is 8.